The zero-order valence-electron chi connectivity index (χ0n) is 12.7. The Hall–Kier alpha value is -1.88. The van der Waals surface area contributed by atoms with Gasteiger partial charge in [0.05, 0.1) is 6.04 Å². The number of aryl methyl sites for hydroxylation is 1. The van der Waals surface area contributed by atoms with Gasteiger partial charge in [-0.15, -0.1) is 0 Å². The fourth-order valence-electron chi connectivity index (χ4n) is 2.86. The molecule has 0 aliphatic carbocycles. The Balaban J connectivity index is 1.49. The van der Waals surface area contributed by atoms with Gasteiger partial charge < -0.3 is 10.2 Å². The molecule has 0 saturated carbocycles. The predicted molar refractivity (Wildman–Crippen MR) is 84.2 cm³/mol. The number of hydrogen-bond acceptors (Lipinski definition) is 4. The summed E-state index contributed by atoms with van der Waals surface area (Å²) >= 11 is 0. The second kappa shape index (κ2) is 6.26. The van der Waals surface area contributed by atoms with Gasteiger partial charge in [-0.2, -0.15) is 5.10 Å². The third-order valence-electron chi connectivity index (χ3n) is 4.12. The molecule has 0 radical (unpaired) electrons. The lowest BCUT2D eigenvalue weighted by Gasteiger charge is -2.19. The minimum absolute atomic E-state index is 0.206. The highest BCUT2D eigenvalue weighted by atomic mass is 15.3. The lowest BCUT2D eigenvalue weighted by atomic mass is 10.1. The van der Waals surface area contributed by atoms with Gasteiger partial charge in [0.1, 0.15) is 6.33 Å². The first-order chi connectivity index (χ1) is 10.2. The molecule has 1 N–H and O–H groups in total. The van der Waals surface area contributed by atoms with Crippen LogP contribution in [0, 0.1) is 5.92 Å². The molecular formula is C16H23N5. The minimum Gasteiger partial charge on any atom is -0.371 e. The lowest BCUT2D eigenvalue weighted by Crippen LogP contribution is -2.28. The maximum Gasteiger partial charge on any atom is 0.167 e. The van der Waals surface area contributed by atoms with Crippen molar-refractivity contribution in [2.75, 3.05) is 24.5 Å². The Kier molecular flexibility index (Phi) is 4.20. The number of rotatable bonds is 5. The fourth-order valence-corrected chi connectivity index (χ4v) is 2.86. The zero-order chi connectivity index (χ0) is 14.7. The van der Waals surface area contributed by atoms with Crippen molar-refractivity contribution in [1.82, 2.24) is 20.1 Å². The first-order valence-electron chi connectivity index (χ1n) is 7.61. The number of anilines is 1. The highest BCUT2D eigenvalue weighted by Gasteiger charge is 2.23. The van der Waals surface area contributed by atoms with Crippen molar-refractivity contribution in [2.45, 2.75) is 19.4 Å². The summed E-state index contributed by atoms with van der Waals surface area (Å²) in [5, 5.41) is 7.91. The van der Waals surface area contributed by atoms with Crippen LogP contribution in [0.15, 0.2) is 36.7 Å². The van der Waals surface area contributed by atoms with E-state index in [1.165, 1.54) is 12.1 Å². The van der Waals surface area contributed by atoms with E-state index in [0.717, 1.165) is 25.5 Å². The van der Waals surface area contributed by atoms with E-state index in [-0.39, 0.29) is 6.04 Å². The maximum atomic E-state index is 4.35. The average molecular weight is 285 g/mol. The van der Waals surface area contributed by atoms with E-state index in [1.807, 2.05) is 7.05 Å². The minimum atomic E-state index is 0.206. The molecule has 2 atom stereocenters. The van der Waals surface area contributed by atoms with Crippen LogP contribution in [-0.4, -0.2) is 34.4 Å². The third kappa shape index (κ3) is 3.42. The maximum absolute atomic E-state index is 4.35. The van der Waals surface area contributed by atoms with Crippen molar-refractivity contribution in [1.29, 1.82) is 0 Å². The number of para-hydroxylation sites is 1. The molecule has 112 valence electrons. The quantitative estimate of drug-likeness (QED) is 0.912. The van der Waals surface area contributed by atoms with Gasteiger partial charge in [0, 0.05) is 32.4 Å². The molecule has 0 bridgehead atoms. The molecule has 1 aliphatic heterocycles. The number of benzene rings is 1. The van der Waals surface area contributed by atoms with Gasteiger partial charge in [-0.1, -0.05) is 18.2 Å². The molecule has 0 unspecified atom stereocenters. The van der Waals surface area contributed by atoms with Gasteiger partial charge in [-0.05, 0) is 31.4 Å². The van der Waals surface area contributed by atoms with Crippen LogP contribution >= 0.6 is 0 Å². The summed E-state index contributed by atoms with van der Waals surface area (Å²) in [6.45, 7) is 5.41. The van der Waals surface area contributed by atoms with Crippen LogP contribution in [0.4, 0.5) is 5.69 Å². The largest absolute Gasteiger partial charge is 0.371 e. The summed E-state index contributed by atoms with van der Waals surface area (Å²) < 4.78 is 1.75. The van der Waals surface area contributed by atoms with Gasteiger partial charge in [0.15, 0.2) is 5.82 Å². The monoisotopic (exact) mass is 285 g/mol. The molecule has 2 heterocycles. The first-order valence-corrected chi connectivity index (χ1v) is 7.61. The van der Waals surface area contributed by atoms with Crippen LogP contribution in [0.25, 0.3) is 0 Å². The average Bonchev–Trinajstić information content (AvgIpc) is 3.15. The van der Waals surface area contributed by atoms with Crippen LogP contribution in [0.2, 0.25) is 0 Å². The summed E-state index contributed by atoms with van der Waals surface area (Å²) in [4.78, 5) is 6.77. The molecule has 3 rings (SSSR count). The second-order valence-corrected chi connectivity index (χ2v) is 5.84. The van der Waals surface area contributed by atoms with Crippen molar-refractivity contribution in [2.24, 2.45) is 13.0 Å². The fraction of sp³-hybridized carbons (Fsp3) is 0.500. The summed E-state index contributed by atoms with van der Waals surface area (Å²) in [6.07, 6.45) is 2.99. The van der Waals surface area contributed by atoms with Gasteiger partial charge in [-0.25, -0.2) is 4.98 Å². The van der Waals surface area contributed by atoms with Crippen molar-refractivity contribution < 1.29 is 0 Å². The van der Waals surface area contributed by atoms with E-state index in [0.29, 0.717) is 5.92 Å². The molecule has 0 spiro atoms. The van der Waals surface area contributed by atoms with E-state index in [2.05, 4.69) is 57.6 Å². The van der Waals surface area contributed by atoms with Crippen LogP contribution < -0.4 is 10.2 Å². The number of nitrogens with one attached hydrogen (secondary N) is 1. The highest BCUT2D eigenvalue weighted by Crippen LogP contribution is 2.23. The SMILES string of the molecule is C[C@@H](NC[C@@H]1CCN(c2ccccc2)C1)c1ncn(C)n1. The van der Waals surface area contributed by atoms with Crippen molar-refractivity contribution in [3.8, 4) is 0 Å². The third-order valence-corrected chi connectivity index (χ3v) is 4.12. The molecule has 5 heteroatoms. The van der Waals surface area contributed by atoms with Crippen LogP contribution in [0.5, 0.6) is 0 Å². The van der Waals surface area contributed by atoms with Gasteiger partial charge in [0.2, 0.25) is 0 Å². The Morgan fingerprint density at radius 3 is 2.86 bits per heavy atom. The summed E-state index contributed by atoms with van der Waals surface area (Å²) in [7, 11) is 1.90. The van der Waals surface area contributed by atoms with Gasteiger partial charge in [-0.3, -0.25) is 4.68 Å². The second-order valence-electron chi connectivity index (χ2n) is 5.84. The van der Waals surface area contributed by atoms with Crippen molar-refractivity contribution >= 4 is 5.69 Å². The lowest BCUT2D eigenvalue weighted by molar-refractivity contribution is 0.460. The first kappa shape index (κ1) is 14.1. The van der Waals surface area contributed by atoms with Gasteiger partial charge >= 0.3 is 0 Å². The molecule has 21 heavy (non-hydrogen) atoms. The Bertz CT molecular complexity index is 565. The molecule has 1 saturated heterocycles. The molecular weight excluding hydrogens is 262 g/mol. The molecule has 0 amide bonds. The van der Waals surface area contributed by atoms with E-state index in [4.69, 9.17) is 0 Å². The van der Waals surface area contributed by atoms with Gasteiger partial charge in [0.25, 0.3) is 0 Å². The smallest absolute Gasteiger partial charge is 0.167 e. The molecule has 5 nitrogen and oxygen atoms in total. The summed E-state index contributed by atoms with van der Waals surface area (Å²) in [5.41, 5.74) is 1.33. The van der Waals surface area contributed by atoms with Crippen molar-refractivity contribution in [3.63, 3.8) is 0 Å². The van der Waals surface area contributed by atoms with E-state index in [9.17, 15) is 0 Å². The highest BCUT2D eigenvalue weighted by molar-refractivity contribution is 5.46. The molecule has 1 aromatic heterocycles. The molecule has 2 aromatic rings. The zero-order valence-corrected chi connectivity index (χ0v) is 12.7. The summed E-state index contributed by atoms with van der Waals surface area (Å²) in [6, 6.07) is 10.9. The normalized spacial score (nSPS) is 19.9. The van der Waals surface area contributed by atoms with Crippen LogP contribution in [0.3, 0.4) is 0 Å². The molecule has 1 aliphatic rings. The van der Waals surface area contributed by atoms with E-state index in [1.54, 1.807) is 11.0 Å². The Morgan fingerprint density at radius 2 is 2.14 bits per heavy atom. The van der Waals surface area contributed by atoms with Crippen molar-refractivity contribution in [3.05, 3.63) is 42.5 Å². The predicted octanol–water partition coefficient (Wildman–Crippen LogP) is 1.99. The standard InChI is InChI=1S/C16H23N5/c1-13(16-18-12-20(2)19-16)17-10-14-8-9-21(11-14)15-6-4-3-5-7-15/h3-7,12-14,17H,8-11H2,1-2H3/t13-,14+/m1/s1. The molecule has 1 fully saturated rings. The van der Waals surface area contributed by atoms with E-state index >= 15 is 0 Å². The van der Waals surface area contributed by atoms with E-state index < -0.39 is 0 Å². The number of nitrogens with zero attached hydrogens (tertiary/aromatic N) is 4. The Morgan fingerprint density at radius 1 is 1.33 bits per heavy atom. The van der Waals surface area contributed by atoms with Crippen LogP contribution in [0.1, 0.15) is 25.2 Å². The Labute approximate surface area is 126 Å². The summed E-state index contributed by atoms with van der Waals surface area (Å²) in [5.74, 6) is 1.56. The molecule has 1 aromatic carbocycles. The number of aromatic nitrogens is 3. The van der Waals surface area contributed by atoms with Crippen LogP contribution in [-0.2, 0) is 7.05 Å². The topological polar surface area (TPSA) is 46.0 Å². The number of hydrogen-bond donors (Lipinski definition) is 1.